The smallest absolute Gasteiger partial charge is 0.315 e. The van der Waals surface area contributed by atoms with Crippen LogP contribution in [0.1, 0.15) is 11.6 Å². The maximum absolute atomic E-state index is 11.5. The molecule has 1 aromatic rings. The summed E-state index contributed by atoms with van der Waals surface area (Å²) in [5.74, 6) is 0. The van der Waals surface area contributed by atoms with Crippen molar-refractivity contribution in [2.24, 2.45) is 0 Å². The molecule has 3 N–H and O–H groups in total. The fraction of sp³-hybridized carbons (Fsp3) is 0.417. The molecule has 94 valence electrons. The van der Waals surface area contributed by atoms with Crippen molar-refractivity contribution >= 4 is 6.03 Å². The largest absolute Gasteiger partial charge is 0.395 e. The molecule has 0 spiro atoms. The third kappa shape index (κ3) is 4.84. The fourth-order valence-corrected chi connectivity index (χ4v) is 1.45. The second-order valence-electron chi connectivity index (χ2n) is 3.54. The van der Waals surface area contributed by atoms with Crippen molar-refractivity contribution in [3.8, 4) is 0 Å². The number of carbonyl (C=O) groups is 1. The van der Waals surface area contributed by atoms with E-state index in [1.54, 1.807) is 7.11 Å². The molecule has 5 heteroatoms. The molecular formula is C12H18N2O3. The number of benzene rings is 1. The SMILES string of the molecule is COCC(NC(=O)NCCO)c1ccccc1. The Kier molecular flexibility index (Phi) is 6.06. The molecule has 0 aliphatic heterocycles. The molecule has 2 amide bonds. The molecule has 1 rings (SSSR count). The summed E-state index contributed by atoms with van der Waals surface area (Å²) in [6.07, 6.45) is 0. The second kappa shape index (κ2) is 7.65. The molecule has 0 saturated carbocycles. The quantitative estimate of drug-likeness (QED) is 0.682. The number of aliphatic hydroxyl groups is 1. The van der Waals surface area contributed by atoms with Crippen LogP contribution in [0.2, 0.25) is 0 Å². The predicted octanol–water partition coefficient (Wildman–Crippen LogP) is 0.666. The first-order chi connectivity index (χ1) is 8.27. The highest BCUT2D eigenvalue weighted by Crippen LogP contribution is 2.12. The van der Waals surface area contributed by atoms with E-state index in [-0.39, 0.29) is 25.2 Å². The third-order valence-corrected chi connectivity index (χ3v) is 2.24. The van der Waals surface area contributed by atoms with Crippen LogP contribution in [0.15, 0.2) is 30.3 Å². The average Bonchev–Trinajstić information content (AvgIpc) is 2.37. The van der Waals surface area contributed by atoms with Crippen molar-refractivity contribution in [1.82, 2.24) is 10.6 Å². The van der Waals surface area contributed by atoms with Crippen molar-refractivity contribution in [1.29, 1.82) is 0 Å². The molecule has 0 bridgehead atoms. The van der Waals surface area contributed by atoms with Gasteiger partial charge in [-0.25, -0.2) is 4.79 Å². The lowest BCUT2D eigenvalue weighted by Crippen LogP contribution is -2.40. The Morgan fingerprint density at radius 2 is 2.12 bits per heavy atom. The van der Waals surface area contributed by atoms with Gasteiger partial charge in [-0.1, -0.05) is 30.3 Å². The van der Waals surface area contributed by atoms with Crippen molar-refractivity contribution in [2.75, 3.05) is 26.9 Å². The van der Waals surface area contributed by atoms with Gasteiger partial charge < -0.3 is 20.5 Å². The van der Waals surface area contributed by atoms with E-state index in [1.165, 1.54) is 0 Å². The van der Waals surface area contributed by atoms with Crippen LogP contribution in [0.5, 0.6) is 0 Å². The summed E-state index contributed by atoms with van der Waals surface area (Å²) < 4.78 is 5.07. The summed E-state index contributed by atoms with van der Waals surface area (Å²) in [5.41, 5.74) is 0.980. The monoisotopic (exact) mass is 238 g/mol. The topological polar surface area (TPSA) is 70.6 Å². The normalized spacial score (nSPS) is 11.9. The Morgan fingerprint density at radius 3 is 2.71 bits per heavy atom. The Morgan fingerprint density at radius 1 is 1.41 bits per heavy atom. The number of nitrogens with one attached hydrogen (secondary N) is 2. The van der Waals surface area contributed by atoms with E-state index < -0.39 is 0 Å². The first-order valence-corrected chi connectivity index (χ1v) is 5.47. The fourth-order valence-electron chi connectivity index (χ4n) is 1.45. The van der Waals surface area contributed by atoms with Gasteiger partial charge in [0.15, 0.2) is 0 Å². The van der Waals surface area contributed by atoms with Crippen molar-refractivity contribution in [2.45, 2.75) is 6.04 Å². The third-order valence-electron chi connectivity index (χ3n) is 2.24. The van der Waals surface area contributed by atoms with Crippen molar-refractivity contribution in [3.63, 3.8) is 0 Å². The highest BCUT2D eigenvalue weighted by molar-refractivity contribution is 5.74. The van der Waals surface area contributed by atoms with Crippen LogP contribution in [0.3, 0.4) is 0 Å². The molecule has 0 aliphatic rings. The minimum atomic E-state index is -0.315. The van der Waals surface area contributed by atoms with Gasteiger partial charge in [0.25, 0.3) is 0 Å². The molecule has 0 radical (unpaired) electrons. The Bertz CT molecular complexity index is 330. The minimum Gasteiger partial charge on any atom is -0.395 e. The van der Waals surface area contributed by atoms with E-state index in [9.17, 15) is 4.79 Å². The predicted molar refractivity (Wildman–Crippen MR) is 64.7 cm³/mol. The summed E-state index contributed by atoms with van der Waals surface area (Å²) >= 11 is 0. The lowest BCUT2D eigenvalue weighted by Gasteiger charge is -2.18. The minimum absolute atomic E-state index is 0.0757. The molecule has 17 heavy (non-hydrogen) atoms. The summed E-state index contributed by atoms with van der Waals surface area (Å²) in [5, 5.41) is 13.9. The van der Waals surface area contributed by atoms with Gasteiger partial charge in [-0.15, -0.1) is 0 Å². The standard InChI is InChI=1S/C12H18N2O3/c1-17-9-11(10-5-3-2-4-6-10)14-12(16)13-7-8-15/h2-6,11,15H,7-9H2,1H3,(H2,13,14,16). The van der Waals surface area contributed by atoms with Gasteiger partial charge in [0.2, 0.25) is 0 Å². The van der Waals surface area contributed by atoms with Gasteiger partial charge in [-0.05, 0) is 5.56 Å². The van der Waals surface area contributed by atoms with E-state index in [4.69, 9.17) is 9.84 Å². The zero-order chi connectivity index (χ0) is 12.5. The summed E-state index contributed by atoms with van der Waals surface area (Å²) in [6.45, 7) is 0.560. The maximum atomic E-state index is 11.5. The highest BCUT2D eigenvalue weighted by atomic mass is 16.5. The number of aliphatic hydroxyl groups excluding tert-OH is 1. The number of urea groups is 1. The van der Waals surface area contributed by atoms with E-state index >= 15 is 0 Å². The molecule has 0 fully saturated rings. The lowest BCUT2D eigenvalue weighted by atomic mass is 10.1. The molecule has 0 saturated heterocycles. The number of hydrogen-bond donors (Lipinski definition) is 3. The van der Waals surface area contributed by atoms with Crippen LogP contribution in [0.4, 0.5) is 4.79 Å². The van der Waals surface area contributed by atoms with Gasteiger partial charge in [-0.3, -0.25) is 0 Å². The molecule has 0 aromatic heterocycles. The van der Waals surface area contributed by atoms with Crippen molar-refractivity contribution in [3.05, 3.63) is 35.9 Å². The number of methoxy groups -OCH3 is 1. The summed E-state index contributed by atoms with van der Waals surface area (Å²) in [4.78, 5) is 11.5. The number of ether oxygens (including phenoxy) is 1. The van der Waals surface area contributed by atoms with Gasteiger partial charge in [0, 0.05) is 13.7 Å². The number of rotatable bonds is 6. The highest BCUT2D eigenvalue weighted by Gasteiger charge is 2.13. The Labute approximate surface area is 101 Å². The summed E-state index contributed by atoms with van der Waals surface area (Å²) in [7, 11) is 1.59. The molecular weight excluding hydrogens is 220 g/mol. The second-order valence-corrected chi connectivity index (χ2v) is 3.54. The molecule has 1 unspecified atom stereocenters. The van der Waals surface area contributed by atoms with Gasteiger partial charge >= 0.3 is 6.03 Å². The Hall–Kier alpha value is -1.59. The molecule has 0 aliphatic carbocycles. The Balaban J connectivity index is 2.57. The van der Waals surface area contributed by atoms with Crippen LogP contribution in [0, 0.1) is 0 Å². The molecule has 1 atom stereocenters. The number of hydrogen-bond acceptors (Lipinski definition) is 3. The van der Waals surface area contributed by atoms with Crippen LogP contribution in [-0.2, 0) is 4.74 Å². The van der Waals surface area contributed by atoms with Crippen LogP contribution >= 0.6 is 0 Å². The van der Waals surface area contributed by atoms with E-state index in [0.29, 0.717) is 6.61 Å². The van der Waals surface area contributed by atoms with Crippen molar-refractivity contribution < 1.29 is 14.6 Å². The molecule has 0 heterocycles. The van der Waals surface area contributed by atoms with E-state index in [1.807, 2.05) is 30.3 Å². The summed E-state index contributed by atoms with van der Waals surface area (Å²) in [6, 6.07) is 9.08. The number of carbonyl (C=O) groups excluding carboxylic acids is 1. The van der Waals surface area contributed by atoms with Gasteiger partial charge in [0.05, 0.1) is 19.3 Å². The first kappa shape index (κ1) is 13.5. The lowest BCUT2D eigenvalue weighted by molar-refractivity contribution is 0.165. The van der Waals surface area contributed by atoms with Gasteiger partial charge in [-0.2, -0.15) is 0 Å². The van der Waals surface area contributed by atoms with Crippen LogP contribution in [0.25, 0.3) is 0 Å². The van der Waals surface area contributed by atoms with Crippen LogP contribution in [-0.4, -0.2) is 38.0 Å². The zero-order valence-electron chi connectivity index (χ0n) is 9.85. The maximum Gasteiger partial charge on any atom is 0.315 e. The molecule has 1 aromatic carbocycles. The molecule has 5 nitrogen and oxygen atoms in total. The first-order valence-electron chi connectivity index (χ1n) is 5.47. The van der Waals surface area contributed by atoms with E-state index in [0.717, 1.165) is 5.56 Å². The van der Waals surface area contributed by atoms with Crippen LogP contribution < -0.4 is 10.6 Å². The average molecular weight is 238 g/mol. The zero-order valence-corrected chi connectivity index (χ0v) is 9.85. The number of amides is 2. The van der Waals surface area contributed by atoms with E-state index in [2.05, 4.69) is 10.6 Å². The van der Waals surface area contributed by atoms with Gasteiger partial charge in [0.1, 0.15) is 0 Å².